The molecule has 2 rings (SSSR count). The van der Waals surface area contributed by atoms with Crippen molar-refractivity contribution in [2.45, 2.75) is 13.8 Å². The van der Waals surface area contributed by atoms with Gasteiger partial charge in [-0.15, -0.1) is 11.3 Å². The average Bonchev–Trinajstić information content (AvgIpc) is 2.84. The van der Waals surface area contributed by atoms with Gasteiger partial charge in [0.1, 0.15) is 0 Å². The van der Waals surface area contributed by atoms with E-state index >= 15 is 0 Å². The molecule has 0 fully saturated rings. The van der Waals surface area contributed by atoms with Crippen LogP contribution in [0, 0.1) is 13.8 Å². The molecule has 0 aliphatic heterocycles. The first-order valence-corrected chi connectivity index (χ1v) is 5.91. The molecule has 2 aromatic heterocycles. The second kappa shape index (κ2) is 4.49. The van der Waals surface area contributed by atoms with Gasteiger partial charge >= 0.3 is 0 Å². The summed E-state index contributed by atoms with van der Waals surface area (Å²) in [4.78, 5) is 17.2. The number of allylic oxidation sites excluding steroid dienone is 1. The largest absolute Gasteiger partial charge is 0.362 e. The molecule has 1 N–H and O–H groups in total. The van der Waals surface area contributed by atoms with Crippen LogP contribution in [0.3, 0.4) is 0 Å². The minimum atomic E-state index is 0.0662. The number of aryl methyl sites for hydroxylation is 2. The molecule has 0 saturated heterocycles. The zero-order valence-electron chi connectivity index (χ0n) is 9.28. The predicted octanol–water partition coefficient (Wildman–Crippen LogP) is 3.59. The third kappa shape index (κ3) is 2.31. The summed E-state index contributed by atoms with van der Waals surface area (Å²) in [5, 5.41) is 0. The predicted molar refractivity (Wildman–Crippen MR) is 68.0 cm³/mol. The van der Waals surface area contributed by atoms with Gasteiger partial charge in [-0.2, -0.15) is 0 Å². The van der Waals surface area contributed by atoms with Gasteiger partial charge in [-0.05, 0) is 44.2 Å². The smallest absolute Gasteiger partial charge is 0.187 e. The number of H-pyrrole nitrogens is 1. The first-order chi connectivity index (χ1) is 7.66. The maximum Gasteiger partial charge on any atom is 0.187 e. The highest BCUT2D eigenvalue weighted by molar-refractivity contribution is 7.12. The van der Waals surface area contributed by atoms with Crippen LogP contribution in [0.4, 0.5) is 0 Å². The van der Waals surface area contributed by atoms with E-state index < -0.39 is 0 Å². The number of ketones is 1. The molecule has 0 unspecified atom stereocenters. The Balaban J connectivity index is 2.17. The first kappa shape index (κ1) is 10.9. The van der Waals surface area contributed by atoms with Gasteiger partial charge in [-0.25, -0.2) is 0 Å². The van der Waals surface area contributed by atoms with E-state index in [1.807, 2.05) is 38.2 Å². The zero-order chi connectivity index (χ0) is 11.5. The number of aromatic nitrogens is 1. The lowest BCUT2D eigenvalue weighted by atomic mass is 10.1. The Kier molecular flexibility index (Phi) is 3.06. The fourth-order valence-corrected chi connectivity index (χ4v) is 2.51. The number of hydrogen-bond donors (Lipinski definition) is 1. The minimum Gasteiger partial charge on any atom is -0.362 e. The summed E-state index contributed by atoms with van der Waals surface area (Å²) in [5.74, 6) is 0.0662. The van der Waals surface area contributed by atoms with Crippen LogP contribution < -0.4 is 0 Å². The maximum atomic E-state index is 11.9. The Morgan fingerprint density at radius 3 is 2.81 bits per heavy atom. The van der Waals surface area contributed by atoms with Gasteiger partial charge in [-0.1, -0.05) is 0 Å². The normalized spacial score (nSPS) is 11.1. The van der Waals surface area contributed by atoms with E-state index in [0.29, 0.717) is 0 Å². The highest BCUT2D eigenvalue weighted by Gasteiger charge is 2.08. The summed E-state index contributed by atoms with van der Waals surface area (Å²) in [5.41, 5.74) is 1.75. The summed E-state index contributed by atoms with van der Waals surface area (Å²) in [6, 6.07) is 5.78. The third-order valence-electron chi connectivity index (χ3n) is 2.34. The molecule has 0 aromatic carbocycles. The summed E-state index contributed by atoms with van der Waals surface area (Å²) >= 11 is 1.66. The van der Waals surface area contributed by atoms with Crippen LogP contribution in [0.25, 0.3) is 6.08 Å². The summed E-state index contributed by atoms with van der Waals surface area (Å²) in [6.07, 6.45) is 5.25. The molecular formula is C13H13NOS. The number of thiophene rings is 1. The maximum absolute atomic E-state index is 11.9. The lowest BCUT2D eigenvalue weighted by Crippen LogP contribution is -1.93. The lowest BCUT2D eigenvalue weighted by Gasteiger charge is -1.92. The van der Waals surface area contributed by atoms with Crippen molar-refractivity contribution in [1.82, 2.24) is 4.98 Å². The minimum absolute atomic E-state index is 0.0662. The third-order valence-corrected chi connectivity index (χ3v) is 3.31. The average molecular weight is 231 g/mol. The highest BCUT2D eigenvalue weighted by atomic mass is 32.1. The zero-order valence-corrected chi connectivity index (χ0v) is 10.1. The van der Waals surface area contributed by atoms with Crippen LogP contribution in [0.5, 0.6) is 0 Å². The van der Waals surface area contributed by atoms with Crippen LogP contribution in [-0.4, -0.2) is 10.8 Å². The van der Waals surface area contributed by atoms with Crippen molar-refractivity contribution in [2.75, 3.05) is 0 Å². The molecule has 16 heavy (non-hydrogen) atoms. The Morgan fingerprint density at radius 1 is 1.44 bits per heavy atom. The number of nitrogens with one attached hydrogen (secondary N) is 1. The number of carbonyl (C=O) groups is 1. The van der Waals surface area contributed by atoms with Crippen LogP contribution >= 0.6 is 11.3 Å². The Hall–Kier alpha value is -1.61. The molecule has 0 spiro atoms. The number of aromatic amines is 1. The molecule has 3 heteroatoms. The van der Waals surface area contributed by atoms with Crippen molar-refractivity contribution in [1.29, 1.82) is 0 Å². The van der Waals surface area contributed by atoms with Gasteiger partial charge in [0.25, 0.3) is 0 Å². The molecule has 2 heterocycles. The monoisotopic (exact) mass is 231 g/mol. The van der Waals surface area contributed by atoms with Crippen molar-refractivity contribution in [3.63, 3.8) is 0 Å². The van der Waals surface area contributed by atoms with E-state index in [9.17, 15) is 4.79 Å². The van der Waals surface area contributed by atoms with Gasteiger partial charge in [0, 0.05) is 27.2 Å². The fourth-order valence-electron chi connectivity index (χ4n) is 1.58. The number of carbonyl (C=O) groups excluding carboxylic acids is 1. The second-order valence-corrected chi connectivity index (χ2v) is 5.11. The standard InChI is InChI=1S/C13H13NOS/c1-9-8-12(10(2)16-9)13(15)6-5-11-4-3-7-14-11/h3-8,14H,1-2H3/b6-5+. The quantitative estimate of drug-likeness (QED) is 0.635. The molecule has 0 saturated carbocycles. The molecular weight excluding hydrogens is 218 g/mol. The molecule has 82 valence electrons. The molecule has 0 aliphatic rings. The fraction of sp³-hybridized carbons (Fsp3) is 0.154. The van der Waals surface area contributed by atoms with Crippen LogP contribution in [0.1, 0.15) is 25.8 Å². The van der Waals surface area contributed by atoms with Crippen LogP contribution in [0.15, 0.2) is 30.5 Å². The molecule has 0 atom stereocenters. The van der Waals surface area contributed by atoms with Crippen molar-refractivity contribution in [2.24, 2.45) is 0 Å². The van der Waals surface area contributed by atoms with E-state index in [0.717, 1.165) is 16.1 Å². The van der Waals surface area contributed by atoms with Crippen molar-refractivity contribution in [3.05, 3.63) is 51.5 Å². The van der Waals surface area contributed by atoms with E-state index in [2.05, 4.69) is 4.98 Å². The molecule has 0 bridgehead atoms. The van der Waals surface area contributed by atoms with E-state index in [1.165, 1.54) is 4.88 Å². The van der Waals surface area contributed by atoms with Crippen molar-refractivity contribution < 1.29 is 4.79 Å². The van der Waals surface area contributed by atoms with Crippen molar-refractivity contribution in [3.8, 4) is 0 Å². The van der Waals surface area contributed by atoms with Crippen LogP contribution in [-0.2, 0) is 0 Å². The Bertz CT molecular complexity index is 520. The molecule has 0 radical (unpaired) electrons. The second-order valence-electron chi connectivity index (χ2n) is 3.65. The van der Waals surface area contributed by atoms with Gasteiger partial charge in [0.15, 0.2) is 5.78 Å². The molecule has 2 nitrogen and oxygen atoms in total. The van der Waals surface area contributed by atoms with Gasteiger partial charge in [-0.3, -0.25) is 4.79 Å². The van der Waals surface area contributed by atoms with E-state index in [4.69, 9.17) is 0 Å². The first-order valence-electron chi connectivity index (χ1n) is 5.09. The van der Waals surface area contributed by atoms with Crippen molar-refractivity contribution >= 4 is 23.2 Å². The van der Waals surface area contributed by atoms with Gasteiger partial charge < -0.3 is 4.98 Å². The number of rotatable bonds is 3. The van der Waals surface area contributed by atoms with E-state index in [-0.39, 0.29) is 5.78 Å². The number of hydrogen-bond acceptors (Lipinski definition) is 2. The highest BCUT2D eigenvalue weighted by Crippen LogP contribution is 2.21. The SMILES string of the molecule is Cc1cc(C(=O)/C=C/c2ccc[nH]2)c(C)s1. The van der Waals surface area contributed by atoms with E-state index in [1.54, 1.807) is 23.5 Å². The van der Waals surface area contributed by atoms with Crippen LogP contribution in [0.2, 0.25) is 0 Å². The van der Waals surface area contributed by atoms with Gasteiger partial charge in [0.2, 0.25) is 0 Å². The molecule has 0 amide bonds. The Morgan fingerprint density at radius 2 is 2.25 bits per heavy atom. The lowest BCUT2D eigenvalue weighted by molar-refractivity contribution is 0.104. The summed E-state index contributed by atoms with van der Waals surface area (Å²) < 4.78 is 0. The molecule has 2 aromatic rings. The summed E-state index contributed by atoms with van der Waals surface area (Å²) in [6.45, 7) is 4.00. The van der Waals surface area contributed by atoms with Gasteiger partial charge in [0.05, 0.1) is 0 Å². The Labute approximate surface area is 98.6 Å². The molecule has 0 aliphatic carbocycles. The topological polar surface area (TPSA) is 32.9 Å². The summed E-state index contributed by atoms with van der Waals surface area (Å²) in [7, 11) is 0.